The molecule has 0 heteroatoms. The Morgan fingerprint density at radius 2 is 1.33 bits per heavy atom. The molecule has 3 rings (SSSR count). The first kappa shape index (κ1) is 15.8. The van der Waals surface area contributed by atoms with Gasteiger partial charge in [-0.15, -0.1) is 0 Å². The zero-order valence-electron chi connectivity index (χ0n) is 13.7. The number of rotatable bonds is 5. The van der Waals surface area contributed by atoms with Crippen LogP contribution in [0.1, 0.15) is 5.56 Å². The predicted molar refractivity (Wildman–Crippen MR) is 106 cm³/mol. The minimum atomic E-state index is 1.07. The van der Waals surface area contributed by atoms with Crippen molar-refractivity contribution in [3.05, 3.63) is 116 Å². The lowest BCUT2D eigenvalue weighted by Crippen LogP contribution is -1.88. The molecular formula is C24H20. The average molecular weight is 308 g/mol. The number of benzene rings is 3. The highest BCUT2D eigenvalue weighted by molar-refractivity contribution is 5.87. The van der Waals surface area contributed by atoms with Crippen molar-refractivity contribution < 1.29 is 0 Å². The molecule has 116 valence electrons. The first-order valence-electron chi connectivity index (χ1n) is 8.04. The summed E-state index contributed by atoms with van der Waals surface area (Å²) in [4.78, 5) is 0. The first-order valence-corrected chi connectivity index (χ1v) is 8.04. The summed E-state index contributed by atoms with van der Waals surface area (Å²) >= 11 is 0. The fourth-order valence-corrected chi connectivity index (χ4v) is 2.88. The Labute approximate surface area is 144 Å². The van der Waals surface area contributed by atoms with Crippen LogP contribution in [-0.4, -0.2) is 0 Å². The second-order valence-corrected chi connectivity index (χ2v) is 5.55. The molecule has 0 atom stereocenters. The Morgan fingerprint density at radius 3 is 2.08 bits per heavy atom. The van der Waals surface area contributed by atoms with E-state index in [9.17, 15) is 0 Å². The van der Waals surface area contributed by atoms with E-state index in [2.05, 4.69) is 86.0 Å². The Hall–Kier alpha value is -3.12. The normalized spacial score (nSPS) is 11.1. The van der Waals surface area contributed by atoms with Crippen LogP contribution in [0, 0.1) is 0 Å². The lowest BCUT2D eigenvalue weighted by molar-refractivity contribution is 1.56. The van der Waals surface area contributed by atoms with Crippen LogP contribution in [0.4, 0.5) is 0 Å². The predicted octanol–water partition coefficient (Wildman–Crippen LogP) is 6.78. The third-order valence-corrected chi connectivity index (χ3v) is 4.04. The maximum absolute atomic E-state index is 3.94. The van der Waals surface area contributed by atoms with Gasteiger partial charge in [0.1, 0.15) is 0 Å². The third kappa shape index (κ3) is 3.28. The van der Waals surface area contributed by atoms with Gasteiger partial charge in [-0.1, -0.05) is 104 Å². The highest BCUT2D eigenvalue weighted by Gasteiger charge is 2.08. The Balaban J connectivity index is 2.12. The van der Waals surface area contributed by atoms with Crippen LogP contribution in [0.25, 0.3) is 27.8 Å². The van der Waals surface area contributed by atoms with Crippen molar-refractivity contribution in [1.82, 2.24) is 0 Å². The molecule has 0 fully saturated rings. The number of allylic oxidation sites excluding steroid dienone is 4. The van der Waals surface area contributed by atoms with Crippen molar-refractivity contribution in [2.45, 2.75) is 0 Å². The molecule has 3 aromatic carbocycles. The van der Waals surface area contributed by atoms with Gasteiger partial charge in [-0.2, -0.15) is 0 Å². The monoisotopic (exact) mass is 308 g/mol. The van der Waals surface area contributed by atoms with Gasteiger partial charge in [0, 0.05) is 0 Å². The van der Waals surface area contributed by atoms with Gasteiger partial charge in [-0.25, -0.2) is 0 Å². The lowest BCUT2D eigenvalue weighted by atomic mass is 9.92. The van der Waals surface area contributed by atoms with E-state index in [0.717, 1.165) is 11.1 Å². The molecule has 0 radical (unpaired) electrons. The quantitative estimate of drug-likeness (QED) is 0.456. The topological polar surface area (TPSA) is 0 Å². The molecule has 0 unspecified atom stereocenters. The summed E-state index contributed by atoms with van der Waals surface area (Å²) in [5, 5.41) is 0. The van der Waals surface area contributed by atoms with Gasteiger partial charge in [0.15, 0.2) is 0 Å². The van der Waals surface area contributed by atoms with Gasteiger partial charge < -0.3 is 0 Å². The second kappa shape index (κ2) is 7.43. The van der Waals surface area contributed by atoms with Crippen LogP contribution in [0.3, 0.4) is 0 Å². The molecule has 0 heterocycles. The fraction of sp³-hybridized carbons (Fsp3) is 0. The molecule has 0 nitrogen and oxygen atoms in total. The van der Waals surface area contributed by atoms with Gasteiger partial charge in [-0.3, -0.25) is 0 Å². The fourth-order valence-electron chi connectivity index (χ4n) is 2.88. The maximum Gasteiger partial charge on any atom is -0.0105 e. The molecule has 24 heavy (non-hydrogen) atoms. The number of hydrogen-bond donors (Lipinski definition) is 0. The van der Waals surface area contributed by atoms with Gasteiger partial charge in [0.25, 0.3) is 0 Å². The first-order chi connectivity index (χ1) is 11.8. The van der Waals surface area contributed by atoms with E-state index >= 15 is 0 Å². The van der Waals surface area contributed by atoms with E-state index in [1.807, 2.05) is 18.2 Å². The standard InChI is InChI=1S/C24H20/c1-3-11-19(4-2)23-16-8-9-17-24(23)22-15-10-14-21(18-22)20-12-6-5-7-13-20/h3-18H,1-2H2/b19-11+. The molecule has 0 aliphatic heterocycles. The van der Waals surface area contributed by atoms with Crippen molar-refractivity contribution in [3.63, 3.8) is 0 Å². The van der Waals surface area contributed by atoms with Crippen molar-refractivity contribution in [2.75, 3.05) is 0 Å². The highest BCUT2D eigenvalue weighted by atomic mass is 14.1. The largest absolute Gasteiger partial charge is 0.0990 e. The molecule has 0 aromatic heterocycles. The third-order valence-electron chi connectivity index (χ3n) is 4.04. The molecule has 0 spiro atoms. The summed E-state index contributed by atoms with van der Waals surface area (Å²) in [6, 6.07) is 27.5. The molecule has 0 bridgehead atoms. The van der Waals surface area contributed by atoms with E-state index in [4.69, 9.17) is 0 Å². The van der Waals surface area contributed by atoms with Gasteiger partial charge in [0.2, 0.25) is 0 Å². The lowest BCUT2D eigenvalue weighted by Gasteiger charge is -2.12. The zero-order valence-corrected chi connectivity index (χ0v) is 13.7. The van der Waals surface area contributed by atoms with Crippen LogP contribution in [-0.2, 0) is 0 Å². The van der Waals surface area contributed by atoms with Crippen molar-refractivity contribution in [3.8, 4) is 22.3 Å². The minimum Gasteiger partial charge on any atom is -0.0990 e. The van der Waals surface area contributed by atoms with Crippen LogP contribution < -0.4 is 0 Å². The van der Waals surface area contributed by atoms with Crippen LogP contribution in [0.5, 0.6) is 0 Å². The summed E-state index contributed by atoms with van der Waals surface area (Å²) in [6.07, 6.45) is 5.67. The van der Waals surface area contributed by atoms with Crippen molar-refractivity contribution in [2.24, 2.45) is 0 Å². The average Bonchev–Trinajstić information content (AvgIpc) is 2.67. The summed E-state index contributed by atoms with van der Waals surface area (Å²) in [5.41, 5.74) is 7.08. The molecule has 0 N–H and O–H groups in total. The molecule has 0 saturated carbocycles. The Kier molecular flexibility index (Phi) is 4.88. The van der Waals surface area contributed by atoms with Crippen LogP contribution >= 0.6 is 0 Å². The molecule has 0 aliphatic rings. The minimum absolute atomic E-state index is 1.07. The van der Waals surface area contributed by atoms with E-state index in [1.165, 1.54) is 22.3 Å². The van der Waals surface area contributed by atoms with Gasteiger partial charge >= 0.3 is 0 Å². The molecule has 0 saturated heterocycles. The van der Waals surface area contributed by atoms with E-state index in [1.54, 1.807) is 6.08 Å². The van der Waals surface area contributed by atoms with Crippen LogP contribution in [0.15, 0.2) is 110 Å². The molecule has 0 amide bonds. The Bertz CT molecular complexity index is 883. The SMILES string of the molecule is C=C/C=C(\C=C)c1ccccc1-c1cccc(-c2ccccc2)c1. The van der Waals surface area contributed by atoms with E-state index in [-0.39, 0.29) is 0 Å². The summed E-state index contributed by atoms with van der Waals surface area (Å²) in [5.74, 6) is 0. The summed E-state index contributed by atoms with van der Waals surface area (Å²) < 4.78 is 0. The van der Waals surface area contributed by atoms with E-state index < -0.39 is 0 Å². The Morgan fingerprint density at radius 1 is 0.667 bits per heavy atom. The summed E-state index contributed by atoms with van der Waals surface area (Å²) in [6.45, 7) is 7.75. The van der Waals surface area contributed by atoms with Gasteiger partial charge in [0.05, 0.1) is 0 Å². The smallest absolute Gasteiger partial charge is 0.0105 e. The molecule has 0 aliphatic carbocycles. The molecular weight excluding hydrogens is 288 g/mol. The summed E-state index contributed by atoms with van der Waals surface area (Å²) in [7, 11) is 0. The maximum atomic E-state index is 3.94. The van der Waals surface area contributed by atoms with Crippen molar-refractivity contribution >= 4 is 5.57 Å². The van der Waals surface area contributed by atoms with Crippen LogP contribution in [0.2, 0.25) is 0 Å². The van der Waals surface area contributed by atoms with Gasteiger partial charge in [-0.05, 0) is 39.5 Å². The van der Waals surface area contributed by atoms with Crippen molar-refractivity contribution in [1.29, 1.82) is 0 Å². The molecule has 3 aromatic rings. The zero-order chi connectivity index (χ0) is 16.8. The second-order valence-electron chi connectivity index (χ2n) is 5.55. The highest BCUT2D eigenvalue weighted by Crippen LogP contribution is 2.32. The van der Waals surface area contributed by atoms with E-state index in [0.29, 0.717) is 0 Å². The number of hydrogen-bond acceptors (Lipinski definition) is 0.